The van der Waals surface area contributed by atoms with Gasteiger partial charge in [-0.2, -0.15) is 4.98 Å². The average Bonchev–Trinajstić information content (AvgIpc) is 2.49. The highest BCUT2D eigenvalue weighted by atomic mass is 16.5. The van der Waals surface area contributed by atoms with Crippen LogP contribution in [0, 0.1) is 12.8 Å². The van der Waals surface area contributed by atoms with E-state index in [1.165, 1.54) is 0 Å². The van der Waals surface area contributed by atoms with Crippen LogP contribution in [0.25, 0.3) is 0 Å². The predicted octanol–water partition coefficient (Wildman–Crippen LogP) is 3.52. The summed E-state index contributed by atoms with van der Waals surface area (Å²) in [6.07, 6.45) is 0. The van der Waals surface area contributed by atoms with Crippen molar-refractivity contribution in [1.29, 1.82) is 0 Å². The van der Waals surface area contributed by atoms with Crippen molar-refractivity contribution in [3.63, 3.8) is 0 Å². The lowest BCUT2D eigenvalue weighted by Gasteiger charge is -2.11. The molecule has 0 aliphatic carbocycles. The number of hydrogen-bond acceptors (Lipinski definition) is 5. The van der Waals surface area contributed by atoms with Gasteiger partial charge in [-0.15, -0.1) is 0 Å². The SMILES string of the molecule is CCOc1cc(Nc2ccc(NC(=O)C(C)C)cc2)nc(C)n1. The largest absolute Gasteiger partial charge is 0.478 e. The van der Waals surface area contributed by atoms with Crippen molar-refractivity contribution in [2.45, 2.75) is 27.7 Å². The van der Waals surface area contributed by atoms with Gasteiger partial charge in [0.25, 0.3) is 0 Å². The Bertz CT molecular complexity index is 669. The molecule has 0 saturated heterocycles. The topological polar surface area (TPSA) is 76.1 Å². The molecule has 23 heavy (non-hydrogen) atoms. The number of aryl methyl sites for hydroxylation is 1. The van der Waals surface area contributed by atoms with E-state index in [0.29, 0.717) is 24.1 Å². The molecule has 2 N–H and O–H groups in total. The Morgan fingerprint density at radius 1 is 1.17 bits per heavy atom. The van der Waals surface area contributed by atoms with E-state index in [1.807, 2.05) is 52.0 Å². The molecule has 0 aliphatic rings. The minimum absolute atomic E-state index is 0.00140. The van der Waals surface area contributed by atoms with Crippen LogP contribution < -0.4 is 15.4 Å². The van der Waals surface area contributed by atoms with E-state index in [4.69, 9.17) is 4.74 Å². The zero-order valence-corrected chi connectivity index (χ0v) is 13.9. The van der Waals surface area contributed by atoms with Crippen molar-refractivity contribution in [3.05, 3.63) is 36.2 Å². The molecule has 0 spiro atoms. The van der Waals surface area contributed by atoms with Gasteiger partial charge in [-0.3, -0.25) is 4.79 Å². The molecule has 6 nitrogen and oxygen atoms in total. The Morgan fingerprint density at radius 2 is 1.83 bits per heavy atom. The summed E-state index contributed by atoms with van der Waals surface area (Å²) in [5, 5.41) is 6.06. The molecule has 1 aromatic carbocycles. The third kappa shape index (κ3) is 4.95. The molecule has 0 aliphatic heterocycles. The number of hydrogen-bond donors (Lipinski definition) is 2. The van der Waals surface area contributed by atoms with Gasteiger partial charge in [0.1, 0.15) is 11.6 Å². The number of aromatic nitrogens is 2. The first kappa shape index (κ1) is 16.7. The van der Waals surface area contributed by atoms with E-state index in [2.05, 4.69) is 20.6 Å². The first-order valence-corrected chi connectivity index (χ1v) is 7.64. The minimum Gasteiger partial charge on any atom is -0.478 e. The van der Waals surface area contributed by atoms with Gasteiger partial charge in [-0.25, -0.2) is 4.98 Å². The first-order valence-electron chi connectivity index (χ1n) is 7.64. The fourth-order valence-electron chi connectivity index (χ4n) is 1.90. The number of carbonyl (C=O) groups excluding carboxylic acids is 1. The second kappa shape index (κ2) is 7.58. The van der Waals surface area contributed by atoms with Gasteiger partial charge in [0.05, 0.1) is 6.61 Å². The molecule has 1 amide bonds. The lowest BCUT2D eigenvalue weighted by atomic mass is 10.2. The molecule has 6 heteroatoms. The average molecular weight is 314 g/mol. The van der Waals surface area contributed by atoms with Crippen LogP contribution >= 0.6 is 0 Å². The Balaban J connectivity index is 2.07. The van der Waals surface area contributed by atoms with Crippen molar-refractivity contribution in [3.8, 4) is 5.88 Å². The van der Waals surface area contributed by atoms with E-state index < -0.39 is 0 Å². The van der Waals surface area contributed by atoms with Crippen LogP contribution in [-0.4, -0.2) is 22.5 Å². The summed E-state index contributed by atoms with van der Waals surface area (Å²) in [5.41, 5.74) is 1.64. The van der Waals surface area contributed by atoms with Crippen LogP contribution in [0.15, 0.2) is 30.3 Å². The number of ether oxygens (including phenoxy) is 1. The molecule has 2 rings (SSSR count). The van der Waals surface area contributed by atoms with Crippen molar-refractivity contribution >= 4 is 23.1 Å². The quantitative estimate of drug-likeness (QED) is 0.853. The number of anilines is 3. The number of rotatable bonds is 6. The number of nitrogens with zero attached hydrogens (tertiary/aromatic N) is 2. The summed E-state index contributed by atoms with van der Waals surface area (Å²) >= 11 is 0. The van der Waals surface area contributed by atoms with Gasteiger partial charge in [0.2, 0.25) is 11.8 Å². The zero-order chi connectivity index (χ0) is 16.8. The summed E-state index contributed by atoms with van der Waals surface area (Å²) in [6, 6.07) is 9.21. The number of nitrogens with one attached hydrogen (secondary N) is 2. The van der Waals surface area contributed by atoms with Crippen LogP contribution in [0.3, 0.4) is 0 Å². The van der Waals surface area contributed by atoms with Crippen LogP contribution in [0.4, 0.5) is 17.2 Å². The summed E-state index contributed by atoms with van der Waals surface area (Å²) in [7, 11) is 0. The van der Waals surface area contributed by atoms with Gasteiger partial charge in [0.15, 0.2) is 0 Å². The normalized spacial score (nSPS) is 10.5. The molecule has 1 heterocycles. The second-order valence-electron chi connectivity index (χ2n) is 5.42. The highest BCUT2D eigenvalue weighted by molar-refractivity contribution is 5.92. The highest BCUT2D eigenvalue weighted by Crippen LogP contribution is 2.20. The number of benzene rings is 1. The Morgan fingerprint density at radius 3 is 2.43 bits per heavy atom. The Labute approximate surface area is 136 Å². The third-order valence-corrected chi connectivity index (χ3v) is 3.06. The molecule has 0 radical (unpaired) electrons. The Hall–Kier alpha value is -2.63. The minimum atomic E-state index is -0.0474. The fraction of sp³-hybridized carbons (Fsp3) is 0.353. The van der Waals surface area contributed by atoms with Crippen molar-refractivity contribution < 1.29 is 9.53 Å². The van der Waals surface area contributed by atoms with Crippen LogP contribution in [0.2, 0.25) is 0 Å². The zero-order valence-electron chi connectivity index (χ0n) is 13.9. The van der Waals surface area contributed by atoms with Crippen LogP contribution in [0.5, 0.6) is 5.88 Å². The summed E-state index contributed by atoms with van der Waals surface area (Å²) < 4.78 is 5.41. The van der Waals surface area contributed by atoms with Gasteiger partial charge in [-0.1, -0.05) is 13.8 Å². The highest BCUT2D eigenvalue weighted by Gasteiger charge is 2.07. The molecule has 122 valence electrons. The molecule has 0 fully saturated rings. The summed E-state index contributed by atoms with van der Waals surface area (Å²) in [4.78, 5) is 20.2. The van der Waals surface area contributed by atoms with E-state index in [-0.39, 0.29) is 11.8 Å². The van der Waals surface area contributed by atoms with Gasteiger partial charge >= 0.3 is 0 Å². The van der Waals surface area contributed by atoms with Crippen molar-refractivity contribution in [1.82, 2.24) is 9.97 Å². The standard InChI is InChI=1S/C17H22N4O2/c1-5-23-16-10-15(18-12(4)19-16)20-13-6-8-14(9-7-13)21-17(22)11(2)3/h6-11H,5H2,1-4H3,(H,21,22)(H,18,19,20). The molecule has 0 unspecified atom stereocenters. The number of amides is 1. The molecule has 1 aromatic heterocycles. The molecule has 0 saturated carbocycles. The lowest BCUT2D eigenvalue weighted by molar-refractivity contribution is -0.118. The maximum atomic E-state index is 11.7. The lowest BCUT2D eigenvalue weighted by Crippen LogP contribution is -2.17. The van der Waals surface area contributed by atoms with Crippen molar-refractivity contribution in [2.24, 2.45) is 5.92 Å². The fourth-order valence-corrected chi connectivity index (χ4v) is 1.90. The third-order valence-electron chi connectivity index (χ3n) is 3.06. The molecular formula is C17H22N4O2. The number of carbonyl (C=O) groups is 1. The Kier molecular flexibility index (Phi) is 5.51. The maximum absolute atomic E-state index is 11.7. The molecule has 0 atom stereocenters. The molecule has 0 bridgehead atoms. The van der Waals surface area contributed by atoms with Gasteiger partial charge in [0, 0.05) is 23.4 Å². The van der Waals surface area contributed by atoms with E-state index in [9.17, 15) is 4.79 Å². The molecule has 2 aromatic rings. The first-order chi connectivity index (χ1) is 11.0. The summed E-state index contributed by atoms with van der Waals surface area (Å²) in [6.45, 7) is 8.00. The van der Waals surface area contributed by atoms with E-state index in [1.54, 1.807) is 6.07 Å². The van der Waals surface area contributed by atoms with Crippen LogP contribution in [-0.2, 0) is 4.79 Å². The van der Waals surface area contributed by atoms with Gasteiger partial charge < -0.3 is 15.4 Å². The van der Waals surface area contributed by atoms with Gasteiger partial charge in [-0.05, 0) is 38.1 Å². The second-order valence-corrected chi connectivity index (χ2v) is 5.42. The molecular weight excluding hydrogens is 292 g/mol. The van der Waals surface area contributed by atoms with E-state index in [0.717, 1.165) is 11.4 Å². The van der Waals surface area contributed by atoms with Crippen LogP contribution in [0.1, 0.15) is 26.6 Å². The van der Waals surface area contributed by atoms with Crippen molar-refractivity contribution in [2.75, 3.05) is 17.2 Å². The monoisotopic (exact) mass is 314 g/mol. The smallest absolute Gasteiger partial charge is 0.226 e. The summed E-state index contributed by atoms with van der Waals surface area (Å²) in [5.74, 6) is 1.80. The predicted molar refractivity (Wildman–Crippen MR) is 91.1 cm³/mol. The maximum Gasteiger partial charge on any atom is 0.226 e. The van der Waals surface area contributed by atoms with E-state index >= 15 is 0 Å².